The molecule has 142 valence electrons. The average Bonchev–Trinajstić information content (AvgIpc) is 3.09. The van der Waals surface area contributed by atoms with Crippen LogP contribution < -0.4 is 9.47 Å². The van der Waals surface area contributed by atoms with Gasteiger partial charge in [0, 0.05) is 0 Å². The average molecular weight is 408 g/mol. The van der Waals surface area contributed by atoms with E-state index in [1.54, 1.807) is 18.2 Å². The number of benzene rings is 1. The molecule has 0 fully saturated rings. The first-order valence-corrected chi connectivity index (χ1v) is 10.2. The lowest BCUT2D eigenvalue weighted by atomic mass is 10.1. The number of carbonyl (C=O) groups excluding carboxylic acids is 1. The number of carbonyl (C=O) groups is 1. The molecule has 0 spiro atoms. The predicted octanol–water partition coefficient (Wildman–Crippen LogP) is 1.72. The monoisotopic (exact) mass is 408 g/mol. The van der Waals surface area contributed by atoms with Gasteiger partial charge in [-0.25, -0.2) is 13.3 Å². The Bertz CT molecular complexity index is 1030. The van der Waals surface area contributed by atoms with Gasteiger partial charge in [-0.05, 0) is 23.8 Å². The van der Waals surface area contributed by atoms with Crippen LogP contribution in [-0.4, -0.2) is 55.4 Å². The second-order valence-electron chi connectivity index (χ2n) is 5.42. The van der Waals surface area contributed by atoms with Gasteiger partial charge in [-0.1, -0.05) is 13.0 Å². The van der Waals surface area contributed by atoms with Crippen molar-refractivity contribution in [3.63, 3.8) is 0 Å². The molecule has 0 atom stereocenters. The van der Waals surface area contributed by atoms with Gasteiger partial charge in [0.15, 0.2) is 11.5 Å². The first-order valence-electron chi connectivity index (χ1n) is 7.76. The van der Waals surface area contributed by atoms with Gasteiger partial charge in [0.1, 0.15) is 5.84 Å². The summed E-state index contributed by atoms with van der Waals surface area (Å²) in [6.07, 6.45) is 1.45. The minimum Gasteiger partial charge on any atom is -0.493 e. The zero-order chi connectivity index (χ0) is 19.8. The number of nitrogens with one attached hydrogen (secondary N) is 1. The summed E-state index contributed by atoms with van der Waals surface area (Å²) in [5, 5.41) is 8.13. The smallest absolute Gasteiger partial charge is 0.283 e. The van der Waals surface area contributed by atoms with E-state index in [0.29, 0.717) is 17.1 Å². The van der Waals surface area contributed by atoms with Crippen molar-refractivity contribution in [2.75, 3.05) is 20.0 Å². The molecule has 11 heteroatoms. The van der Waals surface area contributed by atoms with Crippen molar-refractivity contribution in [3.05, 3.63) is 29.3 Å². The van der Waals surface area contributed by atoms with Crippen molar-refractivity contribution in [1.29, 1.82) is 5.41 Å². The van der Waals surface area contributed by atoms with Gasteiger partial charge >= 0.3 is 0 Å². The van der Waals surface area contributed by atoms with Gasteiger partial charge in [-0.15, -0.1) is 0 Å². The Kier molecular flexibility index (Phi) is 5.07. The highest BCUT2D eigenvalue weighted by Gasteiger charge is 2.42. The second kappa shape index (κ2) is 7.16. The third kappa shape index (κ3) is 3.35. The molecule has 0 aliphatic carbocycles. The number of nitrogens with zero attached hydrogens (tertiary/aromatic N) is 3. The number of ether oxygens (including phenoxy) is 2. The fraction of sp³-hybridized carbons (Fsp3) is 0.250. The molecule has 2 aliphatic rings. The minimum atomic E-state index is -3.68. The molecule has 1 aromatic rings. The molecule has 3 rings (SSSR count). The van der Waals surface area contributed by atoms with Crippen LogP contribution in [0.4, 0.5) is 0 Å². The maximum absolute atomic E-state index is 12.4. The highest BCUT2D eigenvalue weighted by Crippen LogP contribution is 2.32. The fourth-order valence-electron chi connectivity index (χ4n) is 2.44. The van der Waals surface area contributed by atoms with E-state index in [-0.39, 0.29) is 27.5 Å². The molecule has 2 heterocycles. The van der Waals surface area contributed by atoms with E-state index < -0.39 is 15.7 Å². The summed E-state index contributed by atoms with van der Waals surface area (Å²) in [7, 11) is -0.685. The molecular weight excluding hydrogens is 392 g/mol. The first-order chi connectivity index (χ1) is 12.8. The number of rotatable bonds is 4. The topological polar surface area (TPSA) is 121 Å². The highest BCUT2D eigenvalue weighted by molar-refractivity contribution is 8.16. The number of sulfone groups is 1. The summed E-state index contributed by atoms with van der Waals surface area (Å²) < 4.78 is 38.8. The van der Waals surface area contributed by atoms with Crippen molar-refractivity contribution < 1.29 is 22.7 Å². The lowest BCUT2D eigenvalue weighted by molar-refractivity contribution is -0.114. The van der Waals surface area contributed by atoms with E-state index in [9.17, 15) is 13.2 Å². The van der Waals surface area contributed by atoms with E-state index in [4.69, 9.17) is 14.9 Å². The summed E-state index contributed by atoms with van der Waals surface area (Å²) in [5.41, 5.74) is 0.524. The molecule has 9 nitrogen and oxygen atoms in total. The van der Waals surface area contributed by atoms with Gasteiger partial charge in [-0.3, -0.25) is 10.2 Å². The van der Waals surface area contributed by atoms with E-state index in [1.165, 1.54) is 27.2 Å². The Labute approximate surface area is 160 Å². The maximum Gasteiger partial charge on any atom is 0.283 e. The third-order valence-corrected chi connectivity index (χ3v) is 6.28. The largest absolute Gasteiger partial charge is 0.493 e. The van der Waals surface area contributed by atoms with Gasteiger partial charge in [0.05, 0.1) is 37.5 Å². The maximum atomic E-state index is 12.4. The quantitative estimate of drug-likeness (QED) is 0.594. The number of fused-ring (bicyclic) bond motifs is 1. The van der Waals surface area contributed by atoms with Crippen LogP contribution in [0.2, 0.25) is 0 Å². The summed E-state index contributed by atoms with van der Waals surface area (Å²) in [5.74, 6) is -0.131. The minimum absolute atomic E-state index is 0.0486. The van der Waals surface area contributed by atoms with Crippen LogP contribution in [0.15, 0.2) is 33.2 Å². The zero-order valence-electron chi connectivity index (χ0n) is 14.7. The van der Waals surface area contributed by atoms with E-state index in [1.807, 2.05) is 0 Å². The molecule has 27 heavy (non-hydrogen) atoms. The fourth-order valence-corrected chi connectivity index (χ4v) is 4.40. The van der Waals surface area contributed by atoms with E-state index in [0.717, 1.165) is 16.8 Å². The highest BCUT2D eigenvalue weighted by atomic mass is 32.2. The van der Waals surface area contributed by atoms with Crippen LogP contribution in [-0.2, 0) is 14.6 Å². The lowest BCUT2D eigenvalue weighted by Crippen LogP contribution is -2.45. The van der Waals surface area contributed by atoms with Crippen LogP contribution in [0.1, 0.15) is 12.5 Å². The molecule has 1 N–H and O–H groups in total. The summed E-state index contributed by atoms with van der Waals surface area (Å²) in [4.78, 5) is 17.3. The molecule has 0 radical (unpaired) electrons. The van der Waals surface area contributed by atoms with E-state index >= 15 is 0 Å². The molecule has 0 unspecified atom stereocenters. The zero-order valence-corrected chi connectivity index (χ0v) is 16.3. The molecule has 1 amide bonds. The Morgan fingerprint density at radius 1 is 1.26 bits per heavy atom. The molecule has 0 aromatic heterocycles. The lowest BCUT2D eigenvalue weighted by Gasteiger charge is -2.24. The first kappa shape index (κ1) is 19.1. The van der Waals surface area contributed by atoms with Gasteiger partial charge in [-0.2, -0.15) is 9.39 Å². The normalized spacial score (nSPS) is 18.3. The summed E-state index contributed by atoms with van der Waals surface area (Å²) in [6.45, 7) is 1.48. The van der Waals surface area contributed by atoms with Gasteiger partial charge < -0.3 is 9.47 Å². The molecule has 1 aromatic carbocycles. The standard InChI is InChI=1S/C16H16N4O5S2/c1-4-27(22,23)16-19-26-15-18-14(21)10(13(17)20(15)16)7-9-5-6-11(24-2)12(8-9)25-3/h5-8,17H,4H2,1-3H3/b10-7-,17-13?. The Morgan fingerprint density at radius 3 is 2.59 bits per heavy atom. The summed E-state index contributed by atoms with van der Waals surface area (Å²) in [6, 6.07) is 4.99. The third-order valence-electron chi connectivity index (χ3n) is 3.87. The van der Waals surface area contributed by atoms with Crippen molar-refractivity contribution in [3.8, 4) is 11.5 Å². The van der Waals surface area contributed by atoms with Crippen LogP contribution >= 0.6 is 11.9 Å². The van der Waals surface area contributed by atoms with E-state index in [2.05, 4.69) is 9.39 Å². The Morgan fingerprint density at radius 2 is 1.96 bits per heavy atom. The van der Waals surface area contributed by atoms with Crippen LogP contribution in [0.3, 0.4) is 0 Å². The van der Waals surface area contributed by atoms with Crippen LogP contribution in [0.25, 0.3) is 6.08 Å². The number of amidine groups is 3. The molecule has 0 saturated carbocycles. The number of methoxy groups -OCH3 is 2. The van der Waals surface area contributed by atoms with Crippen molar-refractivity contribution in [2.24, 2.45) is 9.39 Å². The molecular formula is C16H16N4O5S2. The van der Waals surface area contributed by atoms with Crippen molar-refractivity contribution >= 4 is 49.9 Å². The van der Waals surface area contributed by atoms with Crippen molar-refractivity contribution in [2.45, 2.75) is 6.92 Å². The van der Waals surface area contributed by atoms with Gasteiger partial charge in [0.2, 0.25) is 20.2 Å². The number of hydrogen-bond donors (Lipinski definition) is 1. The number of hydrogen-bond acceptors (Lipinski definition) is 8. The molecule has 0 bridgehead atoms. The second-order valence-corrected chi connectivity index (χ2v) is 8.33. The van der Waals surface area contributed by atoms with Crippen LogP contribution in [0, 0.1) is 5.41 Å². The molecule has 2 aliphatic heterocycles. The van der Waals surface area contributed by atoms with Gasteiger partial charge in [0.25, 0.3) is 5.91 Å². The summed E-state index contributed by atoms with van der Waals surface area (Å²) >= 11 is 0.763. The number of aliphatic imine (C=N–C) groups is 1. The SMILES string of the molecule is CCS(=O)(=O)C1=NSC2=NC(=O)/C(=C\c3ccc(OC)c(OC)c3)C(=N)N21. The molecule has 0 saturated heterocycles. The number of amides is 1. The Balaban J connectivity index is 2.03. The Hall–Kier alpha value is -2.66. The predicted molar refractivity (Wildman–Crippen MR) is 104 cm³/mol. The van der Waals surface area contributed by atoms with Crippen LogP contribution in [0.5, 0.6) is 11.5 Å². The van der Waals surface area contributed by atoms with Crippen molar-refractivity contribution in [1.82, 2.24) is 4.90 Å².